The summed E-state index contributed by atoms with van der Waals surface area (Å²) in [5, 5.41) is 7.72. The first kappa shape index (κ1) is 13.5. The first-order chi connectivity index (χ1) is 9.10. The number of hydrogen-bond acceptors (Lipinski definition) is 4. The lowest BCUT2D eigenvalue weighted by molar-refractivity contribution is 0.761. The van der Waals surface area contributed by atoms with Gasteiger partial charge in [-0.3, -0.25) is 4.68 Å². The lowest BCUT2D eigenvalue weighted by atomic mass is 10.2. The van der Waals surface area contributed by atoms with Gasteiger partial charge in [0, 0.05) is 31.8 Å². The highest BCUT2D eigenvalue weighted by Gasteiger charge is 2.11. The van der Waals surface area contributed by atoms with Crippen LogP contribution in [0, 0.1) is 0 Å². The molecule has 0 aliphatic heterocycles. The van der Waals surface area contributed by atoms with Crippen molar-refractivity contribution in [3.63, 3.8) is 0 Å². The smallest absolute Gasteiger partial charge is 0.134 e. The summed E-state index contributed by atoms with van der Waals surface area (Å²) in [6.07, 6.45) is 2.99. The van der Waals surface area contributed by atoms with Crippen LogP contribution in [0.3, 0.4) is 0 Å². The summed E-state index contributed by atoms with van der Waals surface area (Å²) in [5.41, 5.74) is 1.75. The van der Waals surface area contributed by atoms with Gasteiger partial charge in [-0.1, -0.05) is 20.8 Å². The highest BCUT2D eigenvalue weighted by atomic mass is 15.3. The molecule has 0 bridgehead atoms. The molecule has 102 valence electrons. The van der Waals surface area contributed by atoms with E-state index in [4.69, 9.17) is 0 Å². The van der Waals surface area contributed by atoms with Crippen molar-refractivity contribution in [3.05, 3.63) is 24.2 Å². The minimum absolute atomic E-state index is 0.297. The molecule has 0 saturated carbocycles. The fourth-order valence-electron chi connectivity index (χ4n) is 1.75. The van der Waals surface area contributed by atoms with E-state index < -0.39 is 0 Å². The molecule has 0 fully saturated rings. The summed E-state index contributed by atoms with van der Waals surface area (Å²) in [7, 11) is 1.91. The van der Waals surface area contributed by atoms with Gasteiger partial charge in [-0.15, -0.1) is 0 Å². The van der Waals surface area contributed by atoms with E-state index in [0.29, 0.717) is 5.92 Å². The molecule has 19 heavy (non-hydrogen) atoms. The maximum absolute atomic E-state index is 4.60. The molecule has 2 rings (SSSR count). The molecular formula is C14H21N5. The molecular weight excluding hydrogens is 238 g/mol. The molecule has 0 atom stereocenters. The van der Waals surface area contributed by atoms with Gasteiger partial charge in [-0.05, 0) is 12.5 Å². The van der Waals surface area contributed by atoms with E-state index in [-0.39, 0.29) is 0 Å². The maximum atomic E-state index is 4.60. The molecule has 0 spiro atoms. The van der Waals surface area contributed by atoms with Crippen molar-refractivity contribution >= 4 is 5.82 Å². The normalized spacial score (nSPS) is 11.0. The van der Waals surface area contributed by atoms with Crippen LogP contribution in [-0.2, 0) is 7.05 Å². The topological polar surface area (TPSA) is 55.6 Å². The number of hydrogen-bond donors (Lipinski definition) is 1. The number of anilines is 1. The number of nitrogens with zero attached hydrogens (tertiary/aromatic N) is 4. The molecule has 0 saturated heterocycles. The third-order valence-electron chi connectivity index (χ3n) is 2.79. The van der Waals surface area contributed by atoms with Crippen molar-refractivity contribution in [1.29, 1.82) is 0 Å². The van der Waals surface area contributed by atoms with Crippen molar-refractivity contribution in [2.75, 3.05) is 11.9 Å². The molecule has 0 aliphatic rings. The summed E-state index contributed by atoms with van der Waals surface area (Å²) >= 11 is 0. The van der Waals surface area contributed by atoms with Gasteiger partial charge >= 0.3 is 0 Å². The van der Waals surface area contributed by atoms with Crippen molar-refractivity contribution in [2.45, 2.75) is 33.1 Å². The predicted octanol–water partition coefficient (Wildman–Crippen LogP) is 2.82. The van der Waals surface area contributed by atoms with Crippen molar-refractivity contribution in [1.82, 2.24) is 19.7 Å². The second-order valence-electron chi connectivity index (χ2n) is 4.95. The molecule has 2 aromatic heterocycles. The quantitative estimate of drug-likeness (QED) is 0.897. The lowest BCUT2D eigenvalue weighted by Gasteiger charge is -2.10. The lowest BCUT2D eigenvalue weighted by Crippen LogP contribution is -2.07. The summed E-state index contributed by atoms with van der Waals surface area (Å²) in [4.78, 5) is 9.14. The SMILES string of the molecule is CCCNc1cc(-c2ccn(C)n2)nc(C(C)C)n1. The van der Waals surface area contributed by atoms with Crippen molar-refractivity contribution in [2.24, 2.45) is 7.05 Å². The second kappa shape index (κ2) is 5.82. The van der Waals surface area contributed by atoms with E-state index in [1.54, 1.807) is 4.68 Å². The molecule has 0 aliphatic carbocycles. The van der Waals surface area contributed by atoms with Gasteiger partial charge in [0.1, 0.15) is 17.3 Å². The predicted molar refractivity (Wildman–Crippen MR) is 77.1 cm³/mol. The zero-order valence-electron chi connectivity index (χ0n) is 12.0. The first-order valence-corrected chi connectivity index (χ1v) is 6.73. The van der Waals surface area contributed by atoms with Gasteiger partial charge in [-0.25, -0.2) is 9.97 Å². The molecule has 0 radical (unpaired) electrons. The molecule has 0 amide bonds. The van der Waals surface area contributed by atoms with Crippen LogP contribution in [0.4, 0.5) is 5.82 Å². The average molecular weight is 259 g/mol. The fourth-order valence-corrected chi connectivity index (χ4v) is 1.75. The minimum atomic E-state index is 0.297. The summed E-state index contributed by atoms with van der Waals surface area (Å²) < 4.78 is 1.78. The van der Waals surface area contributed by atoms with Crippen LogP contribution in [0.1, 0.15) is 38.9 Å². The van der Waals surface area contributed by atoms with E-state index in [2.05, 4.69) is 41.2 Å². The largest absolute Gasteiger partial charge is 0.370 e. The van der Waals surface area contributed by atoms with Crippen LogP contribution >= 0.6 is 0 Å². The van der Waals surface area contributed by atoms with E-state index in [1.165, 1.54) is 0 Å². The second-order valence-corrected chi connectivity index (χ2v) is 4.95. The van der Waals surface area contributed by atoms with E-state index in [1.807, 2.05) is 25.4 Å². The highest BCUT2D eigenvalue weighted by Crippen LogP contribution is 2.21. The monoisotopic (exact) mass is 259 g/mol. The first-order valence-electron chi connectivity index (χ1n) is 6.73. The van der Waals surface area contributed by atoms with Crippen molar-refractivity contribution in [3.8, 4) is 11.4 Å². The molecule has 5 heteroatoms. The van der Waals surface area contributed by atoms with Crippen LogP contribution in [0.25, 0.3) is 11.4 Å². The zero-order chi connectivity index (χ0) is 13.8. The maximum Gasteiger partial charge on any atom is 0.134 e. The number of aryl methyl sites for hydroxylation is 1. The van der Waals surface area contributed by atoms with Gasteiger partial charge in [0.2, 0.25) is 0 Å². The van der Waals surface area contributed by atoms with Crippen molar-refractivity contribution < 1.29 is 0 Å². The van der Waals surface area contributed by atoms with Crippen LogP contribution < -0.4 is 5.32 Å². The van der Waals surface area contributed by atoms with E-state index in [0.717, 1.165) is 36.0 Å². The number of aromatic nitrogens is 4. The van der Waals surface area contributed by atoms with Gasteiger partial charge in [0.05, 0.1) is 5.69 Å². The summed E-state index contributed by atoms with van der Waals surface area (Å²) in [6, 6.07) is 3.93. The number of nitrogens with one attached hydrogen (secondary N) is 1. The van der Waals surface area contributed by atoms with Gasteiger partial charge < -0.3 is 5.32 Å². The third-order valence-corrected chi connectivity index (χ3v) is 2.79. The number of rotatable bonds is 5. The van der Waals surface area contributed by atoms with E-state index in [9.17, 15) is 0 Å². The molecule has 2 heterocycles. The van der Waals surface area contributed by atoms with Crippen LogP contribution in [0.15, 0.2) is 18.3 Å². The molecule has 0 unspecified atom stereocenters. The average Bonchev–Trinajstić information content (AvgIpc) is 2.82. The Kier molecular flexibility index (Phi) is 4.14. The van der Waals surface area contributed by atoms with Crippen LogP contribution in [0.5, 0.6) is 0 Å². The zero-order valence-corrected chi connectivity index (χ0v) is 12.0. The molecule has 1 N–H and O–H groups in total. The molecule has 0 aromatic carbocycles. The Morgan fingerprint density at radius 2 is 2.05 bits per heavy atom. The van der Waals surface area contributed by atoms with Gasteiger partial charge in [0.25, 0.3) is 0 Å². The fraction of sp³-hybridized carbons (Fsp3) is 0.500. The van der Waals surface area contributed by atoms with E-state index >= 15 is 0 Å². The Morgan fingerprint density at radius 3 is 2.63 bits per heavy atom. The van der Waals surface area contributed by atoms with Crippen LogP contribution in [-0.4, -0.2) is 26.3 Å². The Hall–Kier alpha value is -1.91. The van der Waals surface area contributed by atoms with Gasteiger partial charge in [-0.2, -0.15) is 5.10 Å². The molecule has 2 aromatic rings. The minimum Gasteiger partial charge on any atom is -0.370 e. The van der Waals surface area contributed by atoms with Gasteiger partial charge in [0.15, 0.2) is 0 Å². The Morgan fingerprint density at radius 1 is 1.26 bits per heavy atom. The Labute approximate surface area is 114 Å². The standard InChI is InChI=1S/C14H21N5/c1-5-7-15-13-9-12(11-6-8-19(4)18-11)16-14(17-13)10(2)3/h6,8-10H,5,7H2,1-4H3,(H,15,16,17). The third kappa shape index (κ3) is 3.30. The Bertz CT molecular complexity index is 545. The highest BCUT2D eigenvalue weighted by molar-refractivity contribution is 5.58. The Balaban J connectivity index is 2.39. The van der Waals surface area contributed by atoms with Crippen LogP contribution in [0.2, 0.25) is 0 Å². The molecule has 5 nitrogen and oxygen atoms in total. The summed E-state index contributed by atoms with van der Waals surface area (Å²) in [5.74, 6) is 2.02. The summed E-state index contributed by atoms with van der Waals surface area (Å²) in [6.45, 7) is 7.25.